The number of carbonyl (C=O) groups excluding carboxylic acids is 1. The number of aryl methyl sites for hydroxylation is 1. The third kappa shape index (κ3) is 5.36. The van der Waals surface area contributed by atoms with E-state index in [2.05, 4.69) is 25.6 Å². The van der Waals surface area contributed by atoms with E-state index in [1.807, 2.05) is 0 Å². The predicted molar refractivity (Wildman–Crippen MR) is 130 cm³/mol. The van der Waals surface area contributed by atoms with Crippen LogP contribution < -0.4 is 25.7 Å². The van der Waals surface area contributed by atoms with Crippen LogP contribution in [0.5, 0.6) is 17.2 Å². The van der Waals surface area contributed by atoms with Crippen LogP contribution in [0.2, 0.25) is 0 Å². The Morgan fingerprint density at radius 2 is 2.00 bits per heavy atom. The summed E-state index contributed by atoms with van der Waals surface area (Å²) in [6, 6.07) is 3.72. The summed E-state index contributed by atoms with van der Waals surface area (Å²) >= 11 is 0. The zero-order valence-corrected chi connectivity index (χ0v) is 20.3. The second-order valence-corrected chi connectivity index (χ2v) is 7.97. The Morgan fingerprint density at radius 1 is 1.24 bits per heavy atom. The van der Waals surface area contributed by atoms with Gasteiger partial charge in [-0.2, -0.15) is 18.2 Å². The molecule has 4 heterocycles. The summed E-state index contributed by atoms with van der Waals surface area (Å²) in [7, 11) is 2.93. The Hall–Kier alpha value is -4.66. The van der Waals surface area contributed by atoms with Gasteiger partial charge in [-0.3, -0.25) is 9.59 Å². The highest BCUT2D eigenvalue weighted by atomic mass is 19.4. The van der Waals surface area contributed by atoms with Crippen LogP contribution in [0, 0.1) is 0 Å². The van der Waals surface area contributed by atoms with Crippen molar-refractivity contribution in [2.24, 2.45) is 7.05 Å². The van der Waals surface area contributed by atoms with Crippen molar-refractivity contribution in [2.45, 2.75) is 19.6 Å². The minimum absolute atomic E-state index is 0.00628. The molecule has 4 aromatic heterocycles. The molecular weight excluding hydrogens is 511 g/mol. The number of fused-ring (bicyclic) bond motifs is 1. The number of methoxy groups -OCH3 is 1. The minimum Gasteiger partial charge on any atom is -0.491 e. The molecule has 200 valence electrons. The number of pyridine rings is 3. The average Bonchev–Trinajstić information content (AvgIpc) is 3.16. The van der Waals surface area contributed by atoms with Crippen LogP contribution in [0.25, 0.3) is 11.2 Å². The largest absolute Gasteiger partial charge is 0.491 e. The fourth-order valence-corrected chi connectivity index (χ4v) is 3.63. The van der Waals surface area contributed by atoms with Gasteiger partial charge in [-0.05, 0) is 12.1 Å². The van der Waals surface area contributed by atoms with Gasteiger partial charge in [0.25, 0.3) is 5.56 Å². The van der Waals surface area contributed by atoms with Crippen LogP contribution in [-0.2, 0) is 24.6 Å². The number of rotatable bonds is 8. The molecule has 38 heavy (non-hydrogen) atoms. The van der Waals surface area contributed by atoms with Gasteiger partial charge in [0.2, 0.25) is 11.9 Å². The van der Waals surface area contributed by atoms with Crippen molar-refractivity contribution in [2.75, 3.05) is 24.4 Å². The van der Waals surface area contributed by atoms with Crippen LogP contribution in [0.1, 0.15) is 12.5 Å². The molecule has 4 rings (SSSR count). The van der Waals surface area contributed by atoms with E-state index < -0.39 is 29.6 Å². The lowest BCUT2D eigenvalue weighted by Crippen LogP contribution is -2.26. The lowest BCUT2D eigenvalue weighted by atomic mass is 10.2. The third-order valence-corrected chi connectivity index (χ3v) is 5.29. The van der Waals surface area contributed by atoms with Gasteiger partial charge in [0, 0.05) is 39.0 Å². The minimum atomic E-state index is -4.72. The molecule has 15 heteroatoms. The fourth-order valence-electron chi connectivity index (χ4n) is 3.63. The van der Waals surface area contributed by atoms with E-state index in [4.69, 9.17) is 14.6 Å². The monoisotopic (exact) mass is 533 g/mol. The normalized spacial score (nSPS) is 11.4. The summed E-state index contributed by atoms with van der Waals surface area (Å²) < 4.78 is 53.9. The molecular formula is C23H22F3N7O5. The van der Waals surface area contributed by atoms with Gasteiger partial charge in [-0.25, -0.2) is 9.97 Å². The number of nitrogens with zero attached hydrogens (tertiary/aromatic N) is 5. The molecule has 0 atom stereocenters. The summed E-state index contributed by atoms with van der Waals surface area (Å²) in [5.74, 6) is 0.664. The number of aliphatic hydroxyl groups is 1. The fraction of sp³-hybridized carbons (Fsp3) is 0.261. The van der Waals surface area contributed by atoms with E-state index in [1.165, 1.54) is 37.1 Å². The number of aromatic nitrogens is 5. The number of imidazole rings is 1. The van der Waals surface area contributed by atoms with Crippen molar-refractivity contribution >= 4 is 34.5 Å². The molecule has 0 aliphatic heterocycles. The number of hydrogen-bond donors (Lipinski definition) is 3. The van der Waals surface area contributed by atoms with Gasteiger partial charge < -0.3 is 34.3 Å². The maximum Gasteiger partial charge on any atom is 0.417 e. The topological polar surface area (TPSA) is 145 Å². The third-order valence-electron chi connectivity index (χ3n) is 5.29. The molecule has 0 saturated heterocycles. The van der Waals surface area contributed by atoms with Gasteiger partial charge in [0.05, 0.1) is 25.5 Å². The van der Waals surface area contributed by atoms with E-state index in [1.54, 1.807) is 13.1 Å². The Labute approximate surface area is 212 Å². The van der Waals surface area contributed by atoms with Crippen LogP contribution in [0.3, 0.4) is 0 Å². The quantitative estimate of drug-likeness (QED) is 0.311. The highest BCUT2D eigenvalue weighted by Crippen LogP contribution is 2.38. The van der Waals surface area contributed by atoms with Crippen LogP contribution >= 0.6 is 0 Å². The van der Waals surface area contributed by atoms with Crippen molar-refractivity contribution in [1.29, 1.82) is 0 Å². The molecule has 0 fully saturated rings. The Balaban J connectivity index is 1.74. The number of ether oxygens (including phenoxy) is 2. The molecule has 0 unspecified atom stereocenters. The molecule has 0 spiro atoms. The first-order chi connectivity index (χ1) is 18.0. The second kappa shape index (κ2) is 10.4. The van der Waals surface area contributed by atoms with E-state index in [9.17, 15) is 22.8 Å². The molecule has 1 amide bonds. The lowest BCUT2D eigenvalue weighted by molar-refractivity contribution is -0.138. The summed E-state index contributed by atoms with van der Waals surface area (Å²) in [4.78, 5) is 36.6. The number of carbonyl (C=O) groups is 1. The molecule has 0 aliphatic carbocycles. The van der Waals surface area contributed by atoms with E-state index in [0.717, 1.165) is 4.57 Å². The smallest absolute Gasteiger partial charge is 0.417 e. The molecule has 0 aliphatic rings. The number of halogens is 3. The summed E-state index contributed by atoms with van der Waals surface area (Å²) in [6.07, 6.45) is -1.31. The number of aliphatic hydroxyl groups excluding tert-OH is 1. The summed E-state index contributed by atoms with van der Waals surface area (Å²) in [6.45, 7) is 0.487. The Morgan fingerprint density at radius 3 is 2.66 bits per heavy atom. The molecule has 0 aromatic carbocycles. The Bertz CT molecular complexity index is 1570. The first-order valence-electron chi connectivity index (χ1n) is 11.0. The van der Waals surface area contributed by atoms with E-state index >= 15 is 0 Å². The lowest BCUT2D eigenvalue weighted by Gasteiger charge is -2.14. The molecule has 0 bridgehead atoms. The van der Waals surface area contributed by atoms with Gasteiger partial charge in [0.15, 0.2) is 17.1 Å². The van der Waals surface area contributed by atoms with Gasteiger partial charge in [-0.15, -0.1) is 0 Å². The van der Waals surface area contributed by atoms with Gasteiger partial charge >= 0.3 is 6.18 Å². The van der Waals surface area contributed by atoms with Crippen molar-refractivity contribution in [1.82, 2.24) is 24.1 Å². The van der Waals surface area contributed by atoms with Crippen molar-refractivity contribution in [3.63, 3.8) is 0 Å². The highest BCUT2D eigenvalue weighted by molar-refractivity contribution is 5.88. The standard InChI is InChI=1S/C23H22F3N7O5/c1-12(35)29-17-9-14(4-5-27-17)38-16-10-28-20-18(19(16)37-3)32(2)22(31-20)30-15-8-13(23(24,25)26)11-33(6-7-34)21(15)36/h4-5,8-11,34H,6-7H2,1-3H3,(H,27,29,35)(H,28,30,31). The van der Waals surface area contributed by atoms with Crippen molar-refractivity contribution in [3.8, 4) is 17.2 Å². The second-order valence-electron chi connectivity index (χ2n) is 7.97. The predicted octanol–water partition coefficient (Wildman–Crippen LogP) is 3.04. The van der Waals surface area contributed by atoms with Crippen LogP contribution in [-0.4, -0.2) is 48.8 Å². The molecule has 12 nitrogen and oxygen atoms in total. The number of amides is 1. The van der Waals surface area contributed by atoms with E-state index in [0.29, 0.717) is 23.5 Å². The van der Waals surface area contributed by atoms with Crippen molar-refractivity contribution < 1.29 is 32.5 Å². The number of alkyl halides is 3. The molecule has 4 aromatic rings. The summed E-state index contributed by atoms with van der Waals surface area (Å²) in [5, 5.41) is 14.3. The summed E-state index contributed by atoms with van der Waals surface area (Å²) in [5.41, 5.74) is -1.77. The van der Waals surface area contributed by atoms with Crippen LogP contribution in [0.4, 0.5) is 30.6 Å². The molecule has 0 saturated carbocycles. The zero-order valence-electron chi connectivity index (χ0n) is 20.3. The maximum atomic E-state index is 13.4. The van der Waals surface area contributed by atoms with Crippen molar-refractivity contribution in [3.05, 3.63) is 52.7 Å². The van der Waals surface area contributed by atoms with Gasteiger partial charge in [-0.1, -0.05) is 0 Å². The number of hydrogen-bond acceptors (Lipinski definition) is 9. The first kappa shape index (κ1) is 26.4. The SMILES string of the molecule is COc1c(Oc2ccnc(NC(C)=O)c2)cnc2nc(Nc3cc(C(F)(F)F)cn(CCO)c3=O)n(C)c12. The first-order valence-corrected chi connectivity index (χ1v) is 11.0. The molecule has 3 N–H and O–H groups in total. The van der Waals surface area contributed by atoms with Gasteiger partial charge in [0.1, 0.15) is 22.8 Å². The molecule has 0 radical (unpaired) electrons. The average molecular weight is 533 g/mol. The maximum absolute atomic E-state index is 13.4. The zero-order chi connectivity index (χ0) is 27.6. The van der Waals surface area contributed by atoms with E-state index in [-0.39, 0.29) is 41.4 Å². The van der Waals surface area contributed by atoms with Crippen LogP contribution in [0.15, 0.2) is 41.6 Å². The Kier molecular flexibility index (Phi) is 7.21. The number of nitrogens with one attached hydrogen (secondary N) is 2. The number of anilines is 3. The highest BCUT2D eigenvalue weighted by Gasteiger charge is 2.32.